The molecule has 1 fully saturated rings. The number of ketones is 1. The number of ether oxygens (including phenoxy) is 1. The first-order valence-corrected chi connectivity index (χ1v) is 10.5. The highest BCUT2D eigenvalue weighted by Gasteiger charge is 2.46. The van der Waals surface area contributed by atoms with Crippen LogP contribution in [0.1, 0.15) is 70.9 Å². The lowest BCUT2D eigenvalue weighted by Gasteiger charge is -2.36. The van der Waals surface area contributed by atoms with Crippen LogP contribution in [0.2, 0.25) is 0 Å². The second kappa shape index (κ2) is 8.80. The van der Waals surface area contributed by atoms with Gasteiger partial charge >= 0.3 is 0 Å². The Kier molecular flexibility index (Phi) is 6.42. The fourth-order valence-corrected chi connectivity index (χ4v) is 4.36. The fourth-order valence-electron chi connectivity index (χ4n) is 4.36. The lowest BCUT2D eigenvalue weighted by atomic mass is 9.89. The van der Waals surface area contributed by atoms with E-state index in [0.717, 1.165) is 37.0 Å². The maximum atomic E-state index is 13.0. The number of hydrogen-bond donors (Lipinski definition) is 1. The van der Waals surface area contributed by atoms with E-state index in [1.165, 1.54) is 6.42 Å². The minimum Gasteiger partial charge on any atom is -0.503 e. The van der Waals surface area contributed by atoms with E-state index < -0.39 is 11.9 Å². The molecule has 0 saturated heterocycles. The summed E-state index contributed by atoms with van der Waals surface area (Å²) in [7, 11) is 0. The molecule has 1 atom stereocenters. The molecule has 1 aliphatic heterocycles. The summed E-state index contributed by atoms with van der Waals surface area (Å²) in [6.07, 6.45) is 5.46. The first-order valence-electron chi connectivity index (χ1n) is 10.5. The lowest BCUT2D eigenvalue weighted by Crippen LogP contribution is -2.41. The van der Waals surface area contributed by atoms with Gasteiger partial charge < -0.3 is 14.7 Å². The van der Waals surface area contributed by atoms with Crippen molar-refractivity contribution in [1.82, 2.24) is 4.90 Å². The number of aliphatic hydroxyl groups is 1. The van der Waals surface area contributed by atoms with Gasteiger partial charge in [0.25, 0.3) is 5.91 Å². The van der Waals surface area contributed by atoms with Crippen molar-refractivity contribution in [3.05, 3.63) is 41.2 Å². The molecule has 1 unspecified atom stereocenters. The van der Waals surface area contributed by atoms with Crippen molar-refractivity contribution in [1.29, 1.82) is 0 Å². The third kappa shape index (κ3) is 4.08. The van der Waals surface area contributed by atoms with Crippen LogP contribution in [0.3, 0.4) is 0 Å². The molecule has 28 heavy (non-hydrogen) atoms. The van der Waals surface area contributed by atoms with Gasteiger partial charge in [0, 0.05) is 12.5 Å². The third-order valence-corrected chi connectivity index (χ3v) is 5.61. The average Bonchev–Trinajstić information content (AvgIpc) is 2.94. The lowest BCUT2D eigenvalue weighted by molar-refractivity contribution is -0.132. The average molecular weight is 386 g/mol. The maximum Gasteiger partial charge on any atom is 0.290 e. The van der Waals surface area contributed by atoms with E-state index >= 15 is 0 Å². The summed E-state index contributed by atoms with van der Waals surface area (Å²) < 4.78 is 5.53. The van der Waals surface area contributed by atoms with Gasteiger partial charge in [-0.05, 0) is 43.4 Å². The van der Waals surface area contributed by atoms with Gasteiger partial charge in [0.15, 0.2) is 11.5 Å². The second-order valence-corrected chi connectivity index (χ2v) is 8.19. The number of Topliss-reactive ketones (excluding diaryl/α,β-unsaturated/α-hetero) is 1. The highest BCUT2D eigenvalue weighted by Crippen LogP contribution is 2.42. The Morgan fingerprint density at radius 1 is 1.18 bits per heavy atom. The van der Waals surface area contributed by atoms with Gasteiger partial charge in [-0.2, -0.15) is 0 Å². The zero-order valence-corrected chi connectivity index (χ0v) is 17.1. The Balaban J connectivity index is 2.00. The van der Waals surface area contributed by atoms with Crippen LogP contribution < -0.4 is 4.74 Å². The Morgan fingerprint density at radius 2 is 1.82 bits per heavy atom. The molecule has 0 aromatic heterocycles. The Labute approximate surface area is 167 Å². The van der Waals surface area contributed by atoms with Gasteiger partial charge in [-0.25, -0.2) is 0 Å². The van der Waals surface area contributed by atoms with Gasteiger partial charge in [-0.3, -0.25) is 9.59 Å². The molecule has 0 spiro atoms. The van der Waals surface area contributed by atoms with Crippen molar-refractivity contribution in [3.8, 4) is 5.75 Å². The first kappa shape index (κ1) is 20.4. The van der Waals surface area contributed by atoms with Crippen LogP contribution >= 0.6 is 0 Å². The number of nitrogens with zero attached hydrogens (tertiary/aromatic N) is 1. The van der Waals surface area contributed by atoms with Gasteiger partial charge in [-0.15, -0.1) is 0 Å². The van der Waals surface area contributed by atoms with Crippen LogP contribution in [0.25, 0.3) is 0 Å². The topological polar surface area (TPSA) is 66.8 Å². The van der Waals surface area contributed by atoms with E-state index in [1.54, 1.807) is 4.90 Å². The van der Waals surface area contributed by atoms with Crippen LogP contribution in [-0.4, -0.2) is 34.3 Å². The normalized spacial score (nSPS) is 20.9. The first-order chi connectivity index (χ1) is 13.4. The molecule has 152 valence electrons. The van der Waals surface area contributed by atoms with Crippen LogP contribution in [-0.2, 0) is 9.59 Å². The minimum atomic E-state index is -0.516. The number of carbonyl (C=O) groups is 2. The summed E-state index contributed by atoms with van der Waals surface area (Å²) in [5.41, 5.74) is 1.10. The molecule has 3 rings (SSSR count). The molecule has 1 saturated carbocycles. The summed E-state index contributed by atoms with van der Waals surface area (Å²) >= 11 is 0. The summed E-state index contributed by atoms with van der Waals surface area (Å²) in [6, 6.07) is 7.08. The van der Waals surface area contributed by atoms with Crippen molar-refractivity contribution in [3.63, 3.8) is 0 Å². The molecule has 1 N–H and O–H groups in total. The molecule has 2 aliphatic rings. The molecule has 1 heterocycles. The van der Waals surface area contributed by atoms with E-state index in [9.17, 15) is 14.7 Å². The molecule has 1 amide bonds. The number of hydrogen-bond acceptors (Lipinski definition) is 4. The van der Waals surface area contributed by atoms with Crippen molar-refractivity contribution in [2.24, 2.45) is 5.92 Å². The molecular weight excluding hydrogens is 354 g/mol. The van der Waals surface area contributed by atoms with Gasteiger partial charge in [-0.1, -0.05) is 45.2 Å². The standard InChI is InChI=1S/C23H31NO4/c1-4-28-18-12-10-16(11-13-18)21-20(19(25)14-15(2)3)22(26)23(27)24(21)17-8-6-5-7-9-17/h10-13,15,17,21,26H,4-9,14H2,1-3H3. The van der Waals surface area contributed by atoms with E-state index in [0.29, 0.717) is 13.0 Å². The zero-order chi connectivity index (χ0) is 20.3. The van der Waals surface area contributed by atoms with Crippen LogP contribution in [0, 0.1) is 5.92 Å². The van der Waals surface area contributed by atoms with Crippen LogP contribution in [0.15, 0.2) is 35.6 Å². The predicted octanol–water partition coefficient (Wildman–Crippen LogP) is 4.73. The maximum absolute atomic E-state index is 13.0. The van der Waals surface area contributed by atoms with E-state index in [-0.39, 0.29) is 29.1 Å². The molecule has 5 heteroatoms. The quantitative estimate of drug-likeness (QED) is 0.737. The van der Waals surface area contributed by atoms with E-state index in [4.69, 9.17) is 4.74 Å². The van der Waals surface area contributed by atoms with Crippen molar-refractivity contribution >= 4 is 11.7 Å². The zero-order valence-electron chi connectivity index (χ0n) is 17.1. The summed E-state index contributed by atoms with van der Waals surface area (Å²) in [5.74, 6) is 0.00158. The Morgan fingerprint density at radius 3 is 2.39 bits per heavy atom. The molecule has 1 aromatic rings. The number of benzene rings is 1. The van der Waals surface area contributed by atoms with Gasteiger partial charge in [0.2, 0.25) is 0 Å². The van der Waals surface area contributed by atoms with Gasteiger partial charge in [0.05, 0.1) is 18.2 Å². The fraction of sp³-hybridized carbons (Fsp3) is 0.565. The molecule has 5 nitrogen and oxygen atoms in total. The monoisotopic (exact) mass is 385 g/mol. The predicted molar refractivity (Wildman–Crippen MR) is 108 cm³/mol. The van der Waals surface area contributed by atoms with Crippen LogP contribution in [0.5, 0.6) is 5.75 Å². The summed E-state index contributed by atoms with van der Waals surface area (Å²) in [4.78, 5) is 27.7. The number of rotatable bonds is 7. The van der Waals surface area contributed by atoms with E-state index in [1.807, 2.05) is 45.0 Å². The molecular formula is C23H31NO4. The van der Waals surface area contributed by atoms with Crippen LogP contribution in [0.4, 0.5) is 0 Å². The molecule has 0 bridgehead atoms. The van der Waals surface area contributed by atoms with Gasteiger partial charge in [0.1, 0.15) is 5.75 Å². The number of amides is 1. The molecule has 0 radical (unpaired) electrons. The van der Waals surface area contributed by atoms with E-state index in [2.05, 4.69) is 0 Å². The minimum absolute atomic E-state index is 0.0596. The van der Waals surface area contributed by atoms with Crippen molar-refractivity contribution < 1.29 is 19.4 Å². The summed E-state index contributed by atoms with van der Waals surface area (Å²) in [6.45, 7) is 6.44. The number of carbonyl (C=O) groups excluding carboxylic acids is 2. The SMILES string of the molecule is CCOc1ccc(C2C(C(=O)CC(C)C)=C(O)C(=O)N2C2CCCCC2)cc1. The Bertz CT molecular complexity index is 744. The Hall–Kier alpha value is -2.30. The third-order valence-electron chi connectivity index (χ3n) is 5.61. The largest absolute Gasteiger partial charge is 0.503 e. The van der Waals surface area contributed by atoms with Crippen molar-refractivity contribution in [2.45, 2.75) is 71.4 Å². The smallest absolute Gasteiger partial charge is 0.290 e. The second-order valence-electron chi connectivity index (χ2n) is 8.19. The van der Waals surface area contributed by atoms with Crippen molar-refractivity contribution in [2.75, 3.05) is 6.61 Å². The number of aliphatic hydroxyl groups excluding tert-OH is 1. The molecule has 1 aliphatic carbocycles. The highest BCUT2D eigenvalue weighted by atomic mass is 16.5. The highest BCUT2D eigenvalue weighted by molar-refractivity contribution is 6.09. The molecule has 1 aromatic carbocycles. The summed E-state index contributed by atoms with van der Waals surface area (Å²) in [5, 5.41) is 10.7.